The Morgan fingerprint density at radius 1 is 1.08 bits per heavy atom. The number of guanidine groups is 1. The van der Waals surface area contributed by atoms with E-state index in [1.165, 1.54) is 17.7 Å². The maximum Gasteiger partial charge on any atom is 0.191 e. The number of aryl methyl sites for hydroxylation is 2. The minimum atomic E-state index is -0.210. The molecule has 3 rings (SSSR count). The van der Waals surface area contributed by atoms with E-state index in [4.69, 9.17) is 5.73 Å². The number of hydrogen-bond donors (Lipinski definition) is 1. The Hall–Kier alpha value is -2.63. The quantitative estimate of drug-likeness (QED) is 0.688. The van der Waals surface area contributed by atoms with E-state index in [9.17, 15) is 4.39 Å². The highest BCUT2D eigenvalue weighted by molar-refractivity contribution is 5.78. The van der Waals surface area contributed by atoms with E-state index in [1.54, 1.807) is 0 Å². The number of aliphatic imine (C=N–C) groups is 1. The predicted octanol–water partition coefficient (Wildman–Crippen LogP) is 2.47. The average molecular weight is 341 g/mol. The highest BCUT2D eigenvalue weighted by Gasteiger charge is 2.18. The Bertz CT molecular complexity index is 749. The van der Waals surface area contributed by atoms with Crippen LogP contribution in [0.4, 0.5) is 10.1 Å². The molecule has 2 N–H and O–H groups in total. The molecular formula is C19H24FN5. The minimum Gasteiger partial charge on any atom is -0.370 e. The lowest BCUT2D eigenvalue weighted by molar-refractivity contribution is 0.380. The molecule has 1 aliphatic rings. The van der Waals surface area contributed by atoms with Gasteiger partial charge in [-0.2, -0.15) is 0 Å². The number of halogens is 1. The van der Waals surface area contributed by atoms with E-state index in [-0.39, 0.29) is 5.82 Å². The van der Waals surface area contributed by atoms with Gasteiger partial charge in [-0.25, -0.2) is 9.38 Å². The van der Waals surface area contributed by atoms with Crippen LogP contribution in [0.15, 0.2) is 41.4 Å². The largest absolute Gasteiger partial charge is 0.370 e. The van der Waals surface area contributed by atoms with Crippen molar-refractivity contribution in [3.63, 3.8) is 0 Å². The normalized spacial score (nSPS) is 15.6. The number of rotatable bonds is 3. The molecule has 0 atom stereocenters. The molecule has 25 heavy (non-hydrogen) atoms. The topological polar surface area (TPSA) is 57.8 Å². The van der Waals surface area contributed by atoms with Gasteiger partial charge in [-0.05, 0) is 49.7 Å². The summed E-state index contributed by atoms with van der Waals surface area (Å²) in [7, 11) is 0. The van der Waals surface area contributed by atoms with Crippen LogP contribution in [-0.4, -0.2) is 42.0 Å². The van der Waals surface area contributed by atoms with E-state index < -0.39 is 0 Å². The molecule has 2 heterocycles. The van der Waals surface area contributed by atoms with Crippen molar-refractivity contribution in [3.8, 4) is 0 Å². The number of nitrogens with zero attached hydrogens (tertiary/aromatic N) is 4. The van der Waals surface area contributed by atoms with Gasteiger partial charge in [0.1, 0.15) is 5.82 Å². The number of hydrogen-bond acceptors (Lipinski definition) is 3. The van der Waals surface area contributed by atoms with Crippen LogP contribution in [0.2, 0.25) is 0 Å². The van der Waals surface area contributed by atoms with Crippen molar-refractivity contribution in [3.05, 3.63) is 59.2 Å². The van der Waals surface area contributed by atoms with E-state index in [0.717, 1.165) is 43.3 Å². The molecule has 1 aliphatic heterocycles. The minimum absolute atomic E-state index is 0.210. The second-order valence-electron chi connectivity index (χ2n) is 6.33. The second kappa shape index (κ2) is 7.51. The Labute approximate surface area is 148 Å². The van der Waals surface area contributed by atoms with Crippen molar-refractivity contribution >= 4 is 11.6 Å². The molecule has 0 unspecified atom stereocenters. The summed E-state index contributed by atoms with van der Waals surface area (Å²) in [5.41, 5.74) is 10.3. The van der Waals surface area contributed by atoms with Gasteiger partial charge in [0.25, 0.3) is 0 Å². The fourth-order valence-corrected chi connectivity index (χ4v) is 2.88. The zero-order valence-corrected chi connectivity index (χ0v) is 14.7. The van der Waals surface area contributed by atoms with E-state index in [2.05, 4.69) is 25.8 Å². The number of benzene rings is 1. The summed E-state index contributed by atoms with van der Waals surface area (Å²) in [6, 6.07) is 10.7. The van der Waals surface area contributed by atoms with Crippen molar-refractivity contribution in [2.75, 3.05) is 31.1 Å². The maximum atomic E-state index is 13.0. The second-order valence-corrected chi connectivity index (χ2v) is 6.33. The summed E-state index contributed by atoms with van der Waals surface area (Å²) in [5.74, 6) is 0.345. The molecule has 0 spiro atoms. The summed E-state index contributed by atoms with van der Waals surface area (Å²) < 4.78 is 13.0. The molecule has 6 heteroatoms. The molecule has 0 radical (unpaired) electrons. The van der Waals surface area contributed by atoms with Crippen LogP contribution >= 0.6 is 0 Å². The van der Waals surface area contributed by atoms with Crippen LogP contribution in [-0.2, 0) is 6.54 Å². The SMILES string of the molecule is Cc1ccc(CN=C(N)N2CCN(c3ccc(F)cc3)CC2)nc1C. The van der Waals surface area contributed by atoms with Crippen molar-refractivity contribution in [1.82, 2.24) is 9.88 Å². The highest BCUT2D eigenvalue weighted by atomic mass is 19.1. The van der Waals surface area contributed by atoms with E-state index in [0.29, 0.717) is 12.5 Å². The standard InChI is InChI=1S/C19H24FN5/c1-14-3-6-17(23-15(14)2)13-22-19(21)25-11-9-24(10-12-25)18-7-4-16(20)5-8-18/h3-8H,9-13H2,1-2H3,(H2,21,22). The first-order chi connectivity index (χ1) is 12.0. The Kier molecular flexibility index (Phi) is 5.16. The summed E-state index contributed by atoms with van der Waals surface area (Å²) in [5, 5.41) is 0. The number of anilines is 1. The third kappa shape index (κ3) is 4.26. The van der Waals surface area contributed by atoms with E-state index >= 15 is 0 Å². The van der Waals surface area contributed by atoms with Crippen LogP contribution < -0.4 is 10.6 Å². The first-order valence-corrected chi connectivity index (χ1v) is 8.51. The third-order valence-corrected chi connectivity index (χ3v) is 4.61. The molecule has 0 saturated carbocycles. The van der Waals surface area contributed by atoms with Crippen molar-refractivity contribution < 1.29 is 4.39 Å². The Morgan fingerprint density at radius 3 is 2.40 bits per heavy atom. The predicted molar refractivity (Wildman–Crippen MR) is 99.2 cm³/mol. The van der Waals surface area contributed by atoms with Gasteiger partial charge in [-0.1, -0.05) is 6.07 Å². The van der Waals surface area contributed by atoms with Gasteiger partial charge in [0.15, 0.2) is 5.96 Å². The van der Waals surface area contributed by atoms with Crippen molar-refractivity contribution in [2.24, 2.45) is 10.7 Å². The monoisotopic (exact) mass is 341 g/mol. The zero-order chi connectivity index (χ0) is 17.8. The Morgan fingerprint density at radius 2 is 1.76 bits per heavy atom. The van der Waals surface area contributed by atoms with Crippen molar-refractivity contribution in [1.29, 1.82) is 0 Å². The number of nitrogens with two attached hydrogens (primary N) is 1. The summed E-state index contributed by atoms with van der Waals surface area (Å²) in [6.07, 6.45) is 0. The molecule has 0 amide bonds. The zero-order valence-electron chi connectivity index (χ0n) is 14.7. The number of piperazine rings is 1. The molecule has 1 saturated heterocycles. The Balaban J connectivity index is 1.56. The van der Waals surface area contributed by atoms with Crippen LogP contribution in [0.1, 0.15) is 17.0 Å². The van der Waals surface area contributed by atoms with Crippen LogP contribution in [0, 0.1) is 19.7 Å². The molecule has 5 nitrogen and oxygen atoms in total. The lowest BCUT2D eigenvalue weighted by atomic mass is 10.2. The summed E-state index contributed by atoms with van der Waals surface area (Å²) in [6.45, 7) is 7.81. The van der Waals surface area contributed by atoms with Gasteiger partial charge in [0.2, 0.25) is 0 Å². The number of aromatic nitrogens is 1. The van der Waals surface area contributed by atoms with Crippen LogP contribution in [0.5, 0.6) is 0 Å². The summed E-state index contributed by atoms with van der Waals surface area (Å²) in [4.78, 5) is 13.3. The van der Waals surface area contributed by atoms with Gasteiger partial charge in [-0.15, -0.1) is 0 Å². The highest BCUT2D eigenvalue weighted by Crippen LogP contribution is 2.17. The lowest BCUT2D eigenvalue weighted by Gasteiger charge is -2.36. The smallest absolute Gasteiger partial charge is 0.191 e. The molecule has 2 aromatic rings. The van der Waals surface area contributed by atoms with Gasteiger partial charge in [0, 0.05) is 37.6 Å². The fourth-order valence-electron chi connectivity index (χ4n) is 2.88. The van der Waals surface area contributed by atoms with Gasteiger partial charge in [0.05, 0.1) is 12.2 Å². The molecular weight excluding hydrogens is 317 g/mol. The molecule has 0 aliphatic carbocycles. The molecule has 1 aromatic carbocycles. The van der Waals surface area contributed by atoms with E-state index in [1.807, 2.05) is 32.0 Å². The molecule has 0 bridgehead atoms. The molecule has 1 fully saturated rings. The molecule has 132 valence electrons. The average Bonchev–Trinajstić information content (AvgIpc) is 2.63. The van der Waals surface area contributed by atoms with Crippen LogP contribution in [0.3, 0.4) is 0 Å². The fraction of sp³-hybridized carbons (Fsp3) is 0.368. The van der Waals surface area contributed by atoms with Gasteiger partial charge in [-0.3, -0.25) is 4.98 Å². The third-order valence-electron chi connectivity index (χ3n) is 4.61. The first-order valence-electron chi connectivity index (χ1n) is 8.51. The summed E-state index contributed by atoms with van der Waals surface area (Å²) >= 11 is 0. The van der Waals surface area contributed by atoms with Crippen LogP contribution in [0.25, 0.3) is 0 Å². The van der Waals surface area contributed by atoms with Gasteiger partial charge < -0.3 is 15.5 Å². The lowest BCUT2D eigenvalue weighted by Crippen LogP contribution is -2.51. The number of pyridine rings is 1. The first kappa shape index (κ1) is 17.2. The van der Waals surface area contributed by atoms with Crippen molar-refractivity contribution in [2.45, 2.75) is 20.4 Å². The molecule has 1 aromatic heterocycles. The maximum absolute atomic E-state index is 13.0. The van der Waals surface area contributed by atoms with Gasteiger partial charge >= 0.3 is 0 Å².